The predicted molar refractivity (Wildman–Crippen MR) is 103 cm³/mol. The van der Waals surface area contributed by atoms with Crippen LogP contribution >= 0.6 is 11.6 Å². The van der Waals surface area contributed by atoms with Crippen molar-refractivity contribution in [3.05, 3.63) is 70.5 Å². The van der Waals surface area contributed by atoms with Crippen LogP contribution in [0.4, 0.5) is 4.39 Å². The van der Waals surface area contributed by atoms with Gasteiger partial charge in [-0.15, -0.1) is 0 Å². The van der Waals surface area contributed by atoms with E-state index < -0.39 is 0 Å². The van der Waals surface area contributed by atoms with E-state index in [1.165, 1.54) is 12.1 Å². The minimum Gasteiger partial charge on any atom is -0.352 e. The summed E-state index contributed by atoms with van der Waals surface area (Å²) >= 11 is 5.86. The van der Waals surface area contributed by atoms with Crippen molar-refractivity contribution in [2.24, 2.45) is 5.92 Å². The van der Waals surface area contributed by atoms with Gasteiger partial charge < -0.3 is 10.2 Å². The third-order valence-corrected chi connectivity index (χ3v) is 5.12. The minimum atomic E-state index is -0.291. The lowest BCUT2D eigenvalue weighted by Crippen LogP contribution is -2.43. The summed E-state index contributed by atoms with van der Waals surface area (Å²) in [5.41, 5.74) is 1.80. The topological polar surface area (TPSA) is 49.4 Å². The van der Waals surface area contributed by atoms with E-state index in [4.69, 9.17) is 11.6 Å². The molecular formula is C21H22ClFN2O2. The van der Waals surface area contributed by atoms with Crippen LogP contribution in [-0.4, -0.2) is 29.8 Å². The summed E-state index contributed by atoms with van der Waals surface area (Å²) in [6, 6.07) is 13.4. The van der Waals surface area contributed by atoms with Gasteiger partial charge in [-0.1, -0.05) is 35.9 Å². The lowest BCUT2D eigenvalue weighted by atomic mass is 9.95. The number of piperidine rings is 1. The highest BCUT2D eigenvalue weighted by Crippen LogP contribution is 2.19. The van der Waals surface area contributed by atoms with E-state index in [-0.39, 0.29) is 23.5 Å². The number of benzene rings is 2. The summed E-state index contributed by atoms with van der Waals surface area (Å²) in [7, 11) is 0. The maximum atomic E-state index is 12.9. The van der Waals surface area contributed by atoms with Crippen LogP contribution in [0.25, 0.3) is 0 Å². The van der Waals surface area contributed by atoms with Crippen LogP contribution in [0.3, 0.4) is 0 Å². The van der Waals surface area contributed by atoms with Gasteiger partial charge in [-0.25, -0.2) is 4.39 Å². The van der Waals surface area contributed by atoms with Crippen LogP contribution in [0.2, 0.25) is 5.02 Å². The predicted octanol–water partition coefficient (Wildman–Crippen LogP) is 3.58. The number of amides is 2. The first kappa shape index (κ1) is 19.4. The van der Waals surface area contributed by atoms with E-state index in [1.54, 1.807) is 24.3 Å². The molecular weight excluding hydrogens is 367 g/mol. The molecule has 1 aliphatic rings. The van der Waals surface area contributed by atoms with Gasteiger partial charge in [0.25, 0.3) is 0 Å². The van der Waals surface area contributed by atoms with Crippen LogP contribution in [0.1, 0.15) is 24.0 Å². The van der Waals surface area contributed by atoms with Crippen molar-refractivity contribution in [2.45, 2.75) is 25.8 Å². The maximum Gasteiger partial charge on any atom is 0.226 e. The van der Waals surface area contributed by atoms with Crippen molar-refractivity contribution >= 4 is 23.4 Å². The Hall–Kier alpha value is -2.40. The van der Waals surface area contributed by atoms with Gasteiger partial charge in [0.15, 0.2) is 0 Å². The molecule has 142 valence electrons. The normalized spacial score (nSPS) is 14.8. The van der Waals surface area contributed by atoms with Crippen LogP contribution in [-0.2, 0) is 22.6 Å². The number of likely N-dealkylation sites (tertiary alicyclic amines) is 1. The van der Waals surface area contributed by atoms with Crippen molar-refractivity contribution in [2.75, 3.05) is 13.1 Å². The fourth-order valence-electron chi connectivity index (χ4n) is 3.22. The smallest absolute Gasteiger partial charge is 0.226 e. The molecule has 2 aromatic rings. The SMILES string of the molecule is O=C(NCc1ccc(F)cc1)C1CCN(C(=O)Cc2ccc(Cl)cc2)CC1. The summed E-state index contributed by atoms with van der Waals surface area (Å²) in [5.74, 6) is -0.322. The van der Waals surface area contributed by atoms with Crippen LogP contribution in [0.5, 0.6) is 0 Å². The Morgan fingerprint density at radius 1 is 1.00 bits per heavy atom. The molecule has 0 bridgehead atoms. The number of nitrogens with one attached hydrogen (secondary N) is 1. The number of carbonyl (C=O) groups excluding carboxylic acids is 2. The second-order valence-electron chi connectivity index (χ2n) is 6.80. The summed E-state index contributed by atoms with van der Waals surface area (Å²) < 4.78 is 12.9. The van der Waals surface area contributed by atoms with E-state index in [0.717, 1.165) is 11.1 Å². The Labute approximate surface area is 163 Å². The summed E-state index contributed by atoms with van der Waals surface area (Å²) in [6.45, 7) is 1.55. The fourth-order valence-corrected chi connectivity index (χ4v) is 3.34. The van der Waals surface area contributed by atoms with Crippen molar-refractivity contribution in [3.8, 4) is 0 Å². The van der Waals surface area contributed by atoms with Gasteiger partial charge in [0.1, 0.15) is 5.82 Å². The Kier molecular flexibility index (Phi) is 6.45. The first-order valence-electron chi connectivity index (χ1n) is 9.05. The third-order valence-electron chi connectivity index (χ3n) is 4.87. The second kappa shape index (κ2) is 9.00. The number of hydrogen-bond acceptors (Lipinski definition) is 2. The molecule has 27 heavy (non-hydrogen) atoms. The molecule has 2 aromatic carbocycles. The molecule has 1 heterocycles. The maximum absolute atomic E-state index is 12.9. The average molecular weight is 389 g/mol. The molecule has 2 amide bonds. The van der Waals surface area contributed by atoms with Gasteiger partial charge in [0.05, 0.1) is 6.42 Å². The van der Waals surface area contributed by atoms with E-state index in [1.807, 2.05) is 17.0 Å². The zero-order valence-corrected chi connectivity index (χ0v) is 15.7. The van der Waals surface area contributed by atoms with Gasteiger partial charge in [-0.05, 0) is 48.2 Å². The molecule has 0 aliphatic carbocycles. The molecule has 0 unspecified atom stereocenters. The van der Waals surface area contributed by atoms with Crippen molar-refractivity contribution in [1.29, 1.82) is 0 Å². The lowest BCUT2D eigenvalue weighted by Gasteiger charge is -2.31. The van der Waals surface area contributed by atoms with Gasteiger partial charge in [-0.3, -0.25) is 9.59 Å². The van der Waals surface area contributed by atoms with Crippen molar-refractivity contribution < 1.29 is 14.0 Å². The molecule has 0 atom stereocenters. The first-order chi connectivity index (χ1) is 13.0. The van der Waals surface area contributed by atoms with Gasteiger partial charge >= 0.3 is 0 Å². The molecule has 0 radical (unpaired) electrons. The van der Waals surface area contributed by atoms with E-state index in [9.17, 15) is 14.0 Å². The second-order valence-corrected chi connectivity index (χ2v) is 7.24. The molecule has 1 N–H and O–H groups in total. The highest BCUT2D eigenvalue weighted by Gasteiger charge is 2.27. The number of carbonyl (C=O) groups is 2. The standard InChI is InChI=1S/C21H22ClFN2O2/c22-18-5-1-15(2-6-18)13-20(26)25-11-9-17(10-12-25)21(27)24-14-16-3-7-19(23)8-4-16/h1-8,17H,9-14H2,(H,24,27). The van der Waals surface area contributed by atoms with Crippen LogP contribution in [0.15, 0.2) is 48.5 Å². The number of hydrogen-bond donors (Lipinski definition) is 1. The molecule has 0 spiro atoms. The monoisotopic (exact) mass is 388 g/mol. The number of rotatable bonds is 5. The summed E-state index contributed by atoms with van der Waals surface area (Å²) in [5, 5.41) is 3.55. The summed E-state index contributed by atoms with van der Waals surface area (Å²) in [4.78, 5) is 26.6. The van der Waals surface area contributed by atoms with Gasteiger partial charge in [0.2, 0.25) is 11.8 Å². The lowest BCUT2D eigenvalue weighted by molar-refractivity contribution is -0.135. The zero-order chi connectivity index (χ0) is 19.2. The van der Waals surface area contributed by atoms with Gasteiger partial charge in [-0.2, -0.15) is 0 Å². The largest absolute Gasteiger partial charge is 0.352 e. The zero-order valence-electron chi connectivity index (χ0n) is 15.0. The fraction of sp³-hybridized carbons (Fsp3) is 0.333. The molecule has 1 aliphatic heterocycles. The summed E-state index contributed by atoms with van der Waals surface area (Å²) in [6.07, 6.45) is 1.65. The Morgan fingerprint density at radius 3 is 2.22 bits per heavy atom. The van der Waals surface area contributed by atoms with E-state index >= 15 is 0 Å². The van der Waals surface area contributed by atoms with Crippen LogP contribution < -0.4 is 5.32 Å². The van der Waals surface area contributed by atoms with Crippen molar-refractivity contribution in [1.82, 2.24) is 10.2 Å². The van der Waals surface area contributed by atoms with Crippen molar-refractivity contribution in [3.63, 3.8) is 0 Å². The van der Waals surface area contributed by atoms with E-state index in [2.05, 4.69) is 5.32 Å². The highest BCUT2D eigenvalue weighted by atomic mass is 35.5. The molecule has 4 nitrogen and oxygen atoms in total. The molecule has 0 saturated carbocycles. The number of nitrogens with zero attached hydrogens (tertiary/aromatic N) is 1. The molecule has 1 saturated heterocycles. The highest BCUT2D eigenvalue weighted by molar-refractivity contribution is 6.30. The quantitative estimate of drug-likeness (QED) is 0.851. The van der Waals surface area contributed by atoms with Crippen LogP contribution in [0, 0.1) is 11.7 Å². The molecule has 6 heteroatoms. The van der Waals surface area contributed by atoms with Gasteiger partial charge in [0, 0.05) is 30.6 Å². The minimum absolute atomic E-state index is 0.0101. The number of halogens is 2. The third kappa shape index (κ3) is 5.54. The first-order valence-corrected chi connectivity index (χ1v) is 9.43. The Balaban J connectivity index is 1.43. The molecule has 1 fully saturated rings. The Bertz CT molecular complexity index is 785. The molecule has 0 aromatic heterocycles. The average Bonchev–Trinajstić information content (AvgIpc) is 2.69. The molecule has 3 rings (SSSR count). The Morgan fingerprint density at radius 2 is 1.59 bits per heavy atom. The van der Waals surface area contributed by atoms with E-state index in [0.29, 0.717) is 43.9 Å².